The smallest absolute Gasteiger partial charge is 0.213 e. The van der Waals surface area contributed by atoms with Crippen LogP contribution in [0.3, 0.4) is 0 Å². The second-order valence-electron chi connectivity index (χ2n) is 4.31. The van der Waals surface area contributed by atoms with Crippen LogP contribution in [0.5, 0.6) is 0 Å². The molecule has 106 valence electrons. The average Bonchev–Trinajstić information content (AvgIpc) is 3.00. The molecule has 0 aliphatic carbocycles. The minimum absolute atomic E-state index is 0.0287. The number of amidine groups is 1. The van der Waals surface area contributed by atoms with Crippen LogP contribution in [0.15, 0.2) is 46.4 Å². The number of nitrogens with zero attached hydrogens (tertiary/aromatic N) is 3. The molecule has 1 heterocycles. The number of hydrogen-bond acceptors (Lipinski definition) is 6. The fourth-order valence-electron chi connectivity index (χ4n) is 1.90. The second-order valence-corrected chi connectivity index (χ2v) is 4.31. The zero-order chi connectivity index (χ0) is 14.2. The molecule has 20 heavy (non-hydrogen) atoms. The van der Waals surface area contributed by atoms with Crippen LogP contribution >= 0.6 is 0 Å². The molecule has 0 spiro atoms. The molecule has 4 N–H and O–H groups in total. The van der Waals surface area contributed by atoms with E-state index in [0.717, 1.165) is 5.56 Å². The van der Waals surface area contributed by atoms with Gasteiger partial charge >= 0.3 is 0 Å². The highest BCUT2D eigenvalue weighted by Crippen LogP contribution is 2.16. The predicted molar refractivity (Wildman–Crippen MR) is 73.2 cm³/mol. The van der Waals surface area contributed by atoms with E-state index in [2.05, 4.69) is 25.1 Å². The van der Waals surface area contributed by atoms with Gasteiger partial charge < -0.3 is 20.8 Å². The quantitative estimate of drug-likeness (QED) is 0.302. The van der Waals surface area contributed by atoms with Crippen molar-refractivity contribution in [2.24, 2.45) is 10.9 Å². The SMILES string of the molecule is N/C(CC(NCCc1ncon1)c1ccccc1)=N/O. The second kappa shape index (κ2) is 7.25. The van der Waals surface area contributed by atoms with Crippen LogP contribution in [0.4, 0.5) is 0 Å². The fraction of sp³-hybridized carbons (Fsp3) is 0.308. The van der Waals surface area contributed by atoms with E-state index >= 15 is 0 Å². The molecule has 1 aromatic heterocycles. The lowest BCUT2D eigenvalue weighted by molar-refractivity contribution is 0.315. The number of nitrogens with two attached hydrogens (primary N) is 1. The number of benzene rings is 1. The van der Waals surface area contributed by atoms with Crippen molar-refractivity contribution in [1.82, 2.24) is 15.5 Å². The van der Waals surface area contributed by atoms with Crippen LogP contribution in [0.2, 0.25) is 0 Å². The Morgan fingerprint density at radius 2 is 2.20 bits per heavy atom. The number of aromatic nitrogens is 2. The molecular weight excluding hydrogens is 258 g/mol. The molecule has 1 aromatic carbocycles. The maximum atomic E-state index is 8.71. The Morgan fingerprint density at radius 1 is 1.40 bits per heavy atom. The first-order valence-corrected chi connectivity index (χ1v) is 6.29. The Bertz CT molecular complexity index is 527. The van der Waals surface area contributed by atoms with E-state index in [-0.39, 0.29) is 11.9 Å². The van der Waals surface area contributed by atoms with Gasteiger partial charge in [0.15, 0.2) is 5.82 Å². The van der Waals surface area contributed by atoms with E-state index in [1.54, 1.807) is 0 Å². The first kappa shape index (κ1) is 14.0. The summed E-state index contributed by atoms with van der Waals surface area (Å²) in [5.41, 5.74) is 6.67. The third-order valence-corrected chi connectivity index (χ3v) is 2.89. The van der Waals surface area contributed by atoms with Gasteiger partial charge in [-0.25, -0.2) is 0 Å². The Balaban J connectivity index is 1.95. The third-order valence-electron chi connectivity index (χ3n) is 2.89. The van der Waals surface area contributed by atoms with Gasteiger partial charge in [-0.3, -0.25) is 0 Å². The van der Waals surface area contributed by atoms with Crippen LogP contribution < -0.4 is 11.1 Å². The number of oxime groups is 1. The third kappa shape index (κ3) is 4.06. The molecule has 0 aliphatic heterocycles. The molecule has 0 amide bonds. The summed E-state index contributed by atoms with van der Waals surface area (Å²) < 4.78 is 4.68. The van der Waals surface area contributed by atoms with Crippen molar-refractivity contribution in [2.45, 2.75) is 18.9 Å². The Labute approximate surface area is 116 Å². The summed E-state index contributed by atoms with van der Waals surface area (Å²) in [6.07, 6.45) is 2.38. The average molecular weight is 275 g/mol. The highest BCUT2D eigenvalue weighted by Gasteiger charge is 2.13. The monoisotopic (exact) mass is 275 g/mol. The van der Waals surface area contributed by atoms with Crippen molar-refractivity contribution in [3.63, 3.8) is 0 Å². The summed E-state index contributed by atoms with van der Waals surface area (Å²) in [4.78, 5) is 3.96. The van der Waals surface area contributed by atoms with Crippen molar-refractivity contribution in [2.75, 3.05) is 6.54 Å². The molecule has 7 nitrogen and oxygen atoms in total. The fourth-order valence-corrected chi connectivity index (χ4v) is 1.90. The number of hydrogen-bond donors (Lipinski definition) is 3. The number of rotatable bonds is 7. The zero-order valence-electron chi connectivity index (χ0n) is 10.9. The lowest BCUT2D eigenvalue weighted by Gasteiger charge is -2.18. The molecule has 2 rings (SSSR count). The van der Waals surface area contributed by atoms with Crippen molar-refractivity contribution in [3.8, 4) is 0 Å². The van der Waals surface area contributed by atoms with Crippen LogP contribution in [0.1, 0.15) is 23.9 Å². The molecule has 7 heteroatoms. The van der Waals surface area contributed by atoms with Crippen molar-refractivity contribution >= 4 is 5.84 Å². The van der Waals surface area contributed by atoms with Gasteiger partial charge in [-0.2, -0.15) is 4.98 Å². The number of nitrogens with one attached hydrogen (secondary N) is 1. The standard InChI is InChI=1S/C13H17N5O2/c14-12(17-19)8-11(10-4-2-1-3-5-10)15-7-6-13-16-9-20-18-13/h1-5,9,11,15,19H,6-8H2,(H2,14,17). The zero-order valence-corrected chi connectivity index (χ0v) is 10.9. The first-order valence-electron chi connectivity index (χ1n) is 6.29. The molecule has 1 unspecified atom stereocenters. The lowest BCUT2D eigenvalue weighted by Crippen LogP contribution is -2.28. The van der Waals surface area contributed by atoms with Gasteiger partial charge in [0.1, 0.15) is 5.84 Å². The largest absolute Gasteiger partial charge is 0.409 e. The first-order chi connectivity index (χ1) is 9.79. The Kier molecular flexibility index (Phi) is 5.08. The van der Waals surface area contributed by atoms with E-state index in [1.807, 2.05) is 30.3 Å². The summed E-state index contributed by atoms with van der Waals surface area (Å²) in [5, 5.41) is 18.8. The predicted octanol–water partition coefficient (Wildman–Crippen LogP) is 1.08. The minimum Gasteiger partial charge on any atom is -0.409 e. The van der Waals surface area contributed by atoms with Crippen molar-refractivity contribution < 1.29 is 9.73 Å². The Hall–Kier alpha value is -2.41. The summed E-state index contributed by atoms with van der Waals surface area (Å²) >= 11 is 0. The van der Waals surface area contributed by atoms with E-state index in [1.165, 1.54) is 6.39 Å². The molecule has 0 radical (unpaired) electrons. The normalized spacial score (nSPS) is 13.3. The highest BCUT2D eigenvalue weighted by molar-refractivity contribution is 5.80. The minimum atomic E-state index is -0.0287. The van der Waals surface area contributed by atoms with Gasteiger partial charge in [-0.1, -0.05) is 40.6 Å². The molecular formula is C13H17N5O2. The molecule has 0 aliphatic rings. The van der Waals surface area contributed by atoms with Crippen LogP contribution in [-0.2, 0) is 6.42 Å². The summed E-state index contributed by atoms with van der Waals surface area (Å²) in [5.74, 6) is 0.832. The molecule has 0 fully saturated rings. The van der Waals surface area contributed by atoms with E-state index < -0.39 is 0 Å². The lowest BCUT2D eigenvalue weighted by atomic mass is 10.0. The van der Waals surface area contributed by atoms with E-state index in [9.17, 15) is 0 Å². The molecule has 2 aromatic rings. The molecule has 0 bridgehead atoms. The van der Waals surface area contributed by atoms with Gasteiger partial charge in [-0.15, -0.1) is 0 Å². The van der Waals surface area contributed by atoms with Gasteiger partial charge in [-0.05, 0) is 5.56 Å². The maximum Gasteiger partial charge on any atom is 0.213 e. The van der Waals surface area contributed by atoms with Crippen LogP contribution in [0.25, 0.3) is 0 Å². The van der Waals surface area contributed by atoms with E-state index in [4.69, 9.17) is 10.9 Å². The maximum absolute atomic E-state index is 8.71. The van der Waals surface area contributed by atoms with E-state index in [0.29, 0.717) is 25.2 Å². The summed E-state index contributed by atoms with van der Waals surface area (Å²) in [7, 11) is 0. The van der Waals surface area contributed by atoms with Gasteiger partial charge in [0.2, 0.25) is 6.39 Å². The molecule has 0 saturated heterocycles. The molecule has 0 saturated carbocycles. The Morgan fingerprint density at radius 3 is 2.85 bits per heavy atom. The van der Waals surface area contributed by atoms with Gasteiger partial charge in [0, 0.05) is 25.4 Å². The highest BCUT2D eigenvalue weighted by atomic mass is 16.5. The van der Waals surface area contributed by atoms with Gasteiger partial charge in [0.05, 0.1) is 0 Å². The van der Waals surface area contributed by atoms with Crippen LogP contribution in [-0.4, -0.2) is 27.7 Å². The summed E-state index contributed by atoms with van der Waals surface area (Å²) in [6, 6.07) is 9.82. The van der Waals surface area contributed by atoms with Crippen LogP contribution in [0, 0.1) is 0 Å². The topological polar surface area (TPSA) is 110 Å². The van der Waals surface area contributed by atoms with Crippen molar-refractivity contribution in [1.29, 1.82) is 0 Å². The van der Waals surface area contributed by atoms with Gasteiger partial charge in [0.25, 0.3) is 0 Å². The summed E-state index contributed by atoms with van der Waals surface area (Å²) in [6.45, 7) is 0.664. The van der Waals surface area contributed by atoms with Crippen molar-refractivity contribution in [3.05, 3.63) is 48.1 Å². The molecule has 1 atom stereocenters.